The lowest BCUT2D eigenvalue weighted by molar-refractivity contribution is -0.123. The number of piperidine rings is 1. The first kappa shape index (κ1) is 17.1. The van der Waals surface area contributed by atoms with Crippen molar-refractivity contribution in [3.63, 3.8) is 0 Å². The van der Waals surface area contributed by atoms with E-state index in [-0.39, 0.29) is 17.9 Å². The van der Waals surface area contributed by atoms with Gasteiger partial charge in [-0.05, 0) is 45.2 Å². The van der Waals surface area contributed by atoms with Gasteiger partial charge in [0, 0.05) is 26.2 Å². The first-order valence-corrected chi connectivity index (χ1v) is 8.71. The smallest absolute Gasteiger partial charge is 0.317 e. The third-order valence-corrected chi connectivity index (χ3v) is 4.73. The van der Waals surface area contributed by atoms with Crippen LogP contribution in [0.1, 0.15) is 44.9 Å². The van der Waals surface area contributed by atoms with Crippen molar-refractivity contribution < 1.29 is 9.59 Å². The van der Waals surface area contributed by atoms with Crippen LogP contribution in [-0.2, 0) is 4.79 Å². The van der Waals surface area contributed by atoms with Crippen molar-refractivity contribution in [1.82, 2.24) is 15.1 Å². The summed E-state index contributed by atoms with van der Waals surface area (Å²) >= 11 is 0. The molecule has 6 nitrogen and oxygen atoms in total. The number of carbonyl (C=O) groups is 2. The molecule has 0 aliphatic carbocycles. The summed E-state index contributed by atoms with van der Waals surface area (Å²) in [6.07, 6.45) is 7.58. The molecule has 2 heterocycles. The van der Waals surface area contributed by atoms with Crippen LogP contribution >= 0.6 is 0 Å². The van der Waals surface area contributed by atoms with E-state index in [2.05, 4.69) is 10.2 Å². The number of nitrogens with two attached hydrogens (primary N) is 1. The Labute approximate surface area is 133 Å². The zero-order chi connectivity index (χ0) is 15.8. The van der Waals surface area contributed by atoms with Crippen molar-refractivity contribution in [3.8, 4) is 0 Å². The highest BCUT2D eigenvalue weighted by molar-refractivity contribution is 5.77. The summed E-state index contributed by atoms with van der Waals surface area (Å²) in [5.41, 5.74) is 5.39. The molecule has 2 rings (SSSR count). The fourth-order valence-corrected chi connectivity index (χ4v) is 3.37. The number of hydrogen-bond donors (Lipinski definition) is 2. The molecule has 0 radical (unpaired) electrons. The van der Waals surface area contributed by atoms with Gasteiger partial charge in [0.1, 0.15) is 0 Å². The van der Waals surface area contributed by atoms with Crippen LogP contribution in [-0.4, -0.2) is 61.0 Å². The third-order valence-electron chi connectivity index (χ3n) is 4.73. The monoisotopic (exact) mass is 310 g/mol. The van der Waals surface area contributed by atoms with E-state index in [0.717, 1.165) is 64.8 Å². The van der Waals surface area contributed by atoms with Crippen LogP contribution in [0.25, 0.3) is 0 Å². The van der Waals surface area contributed by atoms with Crippen molar-refractivity contribution in [1.29, 1.82) is 0 Å². The fourth-order valence-electron chi connectivity index (χ4n) is 3.37. The van der Waals surface area contributed by atoms with E-state index in [1.807, 2.05) is 4.90 Å². The Balaban J connectivity index is 1.60. The number of primary amides is 1. The number of amides is 3. The molecule has 0 saturated carbocycles. The van der Waals surface area contributed by atoms with Gasteiger partial charge in [0.25, 0.3) is 0 Å². The van der Waals surface area contributed by atoms with Crippen LogP contribution in [0.4, 0.5) is 4.79 Å². The Bertz CT molecular complexity index is 367. The Morgan fingerprint density at radius 3 is 2.45 bits per heavy atom. The molecule has 1 atom stereocenters. The van der Waals surface area contributed by atoms with E-state index >= 15 is 0 Å². The summed E-state index contributed by atoms with van der Waals surface area (Å²) in [4.78, 5) is 27.6. The molecule has 0 bridgehead atoms. The zero-order valence-electron chi connectivity index (χ0n) is 13.6. The largest absolute Gasteiger partial charge is 0.369 e. The van der Waals surface area contributed by atoms with Gasteiger partial charge in [-0.15, -0.1) is 0 Å². The molecule has 2 aliphatic rings. The Morgan fingerprint density at radius 1 is 1.05 bits per heavy atom. The number of urea groups is 1. The van der Waals surface area contributed by atoms with Crippen molar-refractivity contribution in [2.24, 2.45) is 11.7 Å². The molecule has 1 unspecified atom stereocenters. The van der Waals surface area contributed by atoms with E-state index < -0.39 is 0 Å². The van der Waals surface area contributed by atoms with E-state index in [4.69, 9.17) is 5.73 Å². The molecule has 0 spiro atoms. The number of carbonyl (C=O) groups excluding carboxylic acids is 2. The molecule has 3 amide bonds. The van der Waals surface area contributed by atoms with Gasteiger partial charge in [0.2, 0.25) is 5.91 Å². The van der Waals surface area contributed by atoms with Crippen LogP contribution in [0.15, 0.2) is 0 Å². The molecule has 3 N–H and O–H groups in total. The SMILES string of the molecule is NC(=O)C1CCCN(CCCNC(=O)N2CCCCCC2)C1. The molecule has 22 heavy (non-hydrogen) atoms. The average molecular weight is 310 g/mol. The van der Waals surface area contributed by atoms with Gasteiger partial charge in [-0.25, -0.2) is 4.79 Å². The highest BCUT2D eigenvalue weighted by atomic mass is 16.2. The van der Waals surface area contributed by atoms with Gasteiger partial charge in [-0.1, -0.05) is 12.8 Å². The number of nitrogens with one attached hydrogen (secondary N) is 1. The number of hydrogen-bond acceptors (Lipinski definition) is 3. The van der Waals surface area contributed by atoms with Gasteiger partial charge < -0.3 is 20.9 Å². The highest BCUT2D eigenvalue weighted by Crippen LogP contribution is 2.16. The van der Waals surface area contributed by atoms with Gasteiger partial charge in [-0.3, -0.25) is 4.79 Å². The Hall–Kier alpha value is -1.30. The second kappa shape index (κ2) is 8.98. The maximum atomic E-state index is 12.1. The second-order valence-electron chi connectivity index (χ2n) is 6.53. The standard InChI is InChI=1S/C16H30N4O2/c17-15(21)14-7-5-9-19(13-14)10-6-8-18-16(22)20-11-3-1-2-4-12-20/h14H,1-13H2,(H2,17,21)(H,18,22). The predicted molar refractivity (Wildman–Crippen MR) is 86.4 cm³/mol. The number of likely N-dealkylation sites (tertiary alicyclic amines) is 2. The third kappa shape index (κ3) is 5.48. The molecule has 2 saturated heterocycles. The maximum absolute atomic E-state index is 12.1. The summed E-state index contributed by atoms with van der Waals surface area (Å²) in [7, 11) is 0. The van der Waals surface area contributed by atoms with Crippen molar-refractivity contribution in [2.45, 2.75) is 44.9 Å². The van der Waals surface area contributed by atoms with Crippen LogP contribution in [0.5, 0.6) is 0 Å². The molecule has 0 aromatic carbocycles. The minimum absolute atomic E-state index is 0.000408. The number of nitrogens with zero attached hydrogens (tertiary/aromatic N) is 2. The van der Waals surface area contributed by atoms with Gasteiger partial charge in [0.15, 0.2) is 0 Å². The summed E-state index contributed by atoms with van der Waals surface area (Å²) in [6.45, 7) is 5.20. The number of rotatable bonds is 5. The summed E-state index contributed by atoms with van der Waals surface area (Å²) in [5, 5.41) is 3.02. The molecular formula is C16H30N4O2. The average Bonchev–Trinajstić information content (AvgIpc) is 2.81. The molecule has 2 aliphatic heterocycles. The Kier molecular flexibility index (Phi) is 6.96. The van der Waals surface area contributed by atoms with E-state index in [9.17, 15) is 9.59 Å². The van der Waals surface area contributed by atoms with Crippen LogP contribution in [0.3, 0.4) is 0 Å². The maximum Gasteiger partial charge on any atom is 0.317 e. The molecule has 2 fully saturated rings. The van der Waals surface area contributed by atoms with E-state index in [0.29, 0.717) is 6.54 Å². The van der Waals surface area contributed by atoms with Gasteiger partial charge in [-0.2, -0.15) is 0 Å². The van der Waals surface area contributed by atoms with Crippen LogP contribution < -0.4 is 11.1 Å². The summed E-state index contributed by atoms with van der Waals surface area (Å²) in [6, 6.07) is 0.0792. The summed E-state index contributed by atoms with van der Waals surface area (Å²) < 4.78 is 0. The quantitative estimate of drug-likeness (QED) is 0.748. The fraction of sp³-hybridized carbons (Fsp3) is 0.875. The first-order valence-electron chi connectivity index (χ1n) is 8.71. The molecule has 0 aromatic rings. The molecule has 126 valence electrons. The molecule has 6 heteroatoms. The van der Waals surface area contributed by atoms with Gasteiger partial charge in [0.05, 0.1) is 5.92 Å². The second-order valence-corrected chi connectivity index (χ2v) is 6.53. The Morgan fingerprint density at radius 2 is 1.77 bits per heavy atom. The first-order chi connectivity index (χ1) is 10.7. The lowest BCUT2D eigenvalue weighted by Gasteiger charge is -2.31. The zero-order valence-corrected chi connectivity index (χ0v) is 13.6. The minimum Gasteiger partial charge on any atom is -0.369 e. The lowest BCUT2D eigenvalue weighted by Crippen LogP contribution is -2.43. The van der Waals surface area contributed by atoms with E-state index in [1.54, 1.807) is 0 Å². The lowest BCUT2D eigenvalue weighted by atomic mass is 9.97. The van der Waals surface area contributed by atoms with Gasteiger partial charge >= 0.3 is 6.03 Å². The topological polar surface area (TPSA) is 78.7 Å². The predicted octanol–water partition coefficient (Wildman–Crippen LogP) is 1.16. The highest BCUT2D eigenvalue weighted by Gasteiger charge is 2.23. The normalized spacial score (nSPS) is 23.8. The molecule has 0 aromatic heterocycles. The molecular weight excluding hydrogens is 280 g/mol. The van der Waals surface area contributed by atoms with Crippen LogP contribution in [0, 0.1) is 5.92 Å². The summed E-state index contributed by atoms with van der Waals surface area (Å²) in [5.74, 6) is -0.181. The minimum atomic E-state index is -0.181. The van der Waals surface area contributed by atoms with Crippen molar-refractivity contribution in [3.05, 3.63) is 0 Å². The van der Waals surface area contributed by atoms with E-state index in [1.165, 1.54) is 12.8 Å². The van der Waals surface area contributed by atoms with Crippen molar-refractivity contribution >= 4 is 11.9 Å². The van der Waals surface area contributed by atoms with Crippen LogP contribution in [0.2, 0.25) is 0 Å². The van der Waals surface area contributed by atoms with Crippen molar-refractivity contribution in [2.75, 3.05) is 39.3 Å².